The molecule has 1 aliphatic heterocycles. The van der Waals surface area contributed by atoms with Crippen molar-refractivity contribution in [2.24, 2.45) is 5.92 Å². The van der Waals surface area contributed by atoms with Crippen molar-refractivity contribution in [1.82, 2.24) is 9.88 Å². The third-order valence-electron chi connectivity index (χ3n) is 3.64. The zero-order valence-corrected chi connectivity index (χ0v) is 13.1. The number of aliphatic hydroxyl groups is 1. The molecule has 6 heteroatoms. The molecular weight excluding hydrogens is 280 g/mol. The molecule has 2 heterocycles. The largest absolute Gasteiger partial charge is 0.389 e. The highest BCUT2D eigenvalue weighted by molar-refractivity contribution is 5.76. The normalized spacial score (nSPS) is 19.0. The van der Waals surface area contributed by atoms with Gasteiger partial charge in [0, 0.05) is 38.8 Å². The van der Waals surface area contributed by atoms with Crippen LogP contribution in [0.1, 0.15) is 25.8 Å². The molecule has 0 spiro atoms. The van der Waals surface area contributed by atoms with Crippen LogP contribution in [0.4, 0.5) is 5.82 Å². The molecule has 0 unspecified atom stereocenters. The number of nitrogens with zero attached hydrogens (tertiary/aromatic N) is 4. The molecule has 0 saturated carbocycles. The van der Waals surface area contributed by atoms with Crippen LogP contribution in [0.2, 0.25) is 0 Å². The van der Waals surface area contributed by atoms with Crippen molar-refractivity contribution in [2.75, 3.05) is 31.1 Å². The topological polar surface area (TPSA) is 80.5 Å². The first-order chi connectivity index (χ1) is 10.5. The van der Waals surface area contributed by atoms with Gasteiger partial charge >= 0.3 is 0 Å². The molecule has 0 radical (unpaired) electrons. The fraction of sp³-hybridized carbons (Fsp3) is 0.562. The van der Waals surface area contributed by atoms with Gasteiger partial charge < -0.3 is 14.9 Å². The highest BCUT2D eigenvalue weighted by Crippen LogP contribution is 2.16. The quantitative estimate of drug-likeness (QED) is 0.901. The summed E-state index contributed by atoms with van der Waals surface area (Å²) >= 11 is 0. The van der Waals surface area contributed by atoms with E-state index in [1.165, 1.54) is 0 Å². The lowest BCUT2D eigenvalue weighted by molar-refractivity contribution is -0.132. The summed E-state index contributed by atoms with van der Waals surface area (Å²) in [5.41, 5.74) is 0.538. The van der Waals surface area contributed by atoms with Gasteiger partial charge in [0.25, 0.3) is 0 Å². The van der Waals surface area contributed by atoms with Crippen LogP contribution in [0, 0.1) is 17.2 Å². The number of nitriles is 1. The molecule has 0 aliphatic carbocycles. The lowest BCUT2D eigenvalue weighted by Gasteiger charge is -2.23. The number of β-amino-alcohol motifs (C(OH)–C–C–N with tert-alkyl or cyclic N) is 1. The predicted octanol–water partition coefficient (Wildman–Crippen LogP) is 1.01. The van der Waals surface area contributed by atoms with Crippen LogP contribution < -0.4 is 4.90 Å². The van der Waals surface area contributed by atoms with Crippen molar-refractivity contribution in [3.8, 4) is 6.07 Å². The maximum absolute atomic E-state index is 12.2. The Morgan fingerprint density at radius 3 is 2.95 bits per heavy atom. The van der Waals surface area contributed by atoms with Crippen molar-refractivity contribution in [1.29, 1.82) is 5.26 Å². The van der Waals surface area contributed by atoms with Gasteiger partial charge in [0.05, 0.1) is 17.7 Å². The molecule has 1 aliphatic rings. The molecular formula is C16H22N4O2. The Bertz CT molecular complexity index is 568. The van der Waals surface area contributed by atoms with Crippen molar-refractivity contribution in [2.45, 2.75) is 26.4 Å². The Labute approximate surface area is 131 Å². The third-order valence-corrected chi connectivity index (χ3v) is 3.64. The van der Waals surface area contributed by atoms with E-state index in [9.17, 15) is 9.90 Å². The number of hydrogen-bond acceptors (Lipinski definition) is 5. The lowest BCUT2D eigenvalue weighted by Crippen LogP contribution is -2.38. The second kappa shape index (κ2) is 7.23. The van der Waals surface area contributed by atoms with Crippen molar-refractivity contribution >= 4 is 11.7 Å². The van der Waals surface area contributed by atoms with Gasteiger partial charge in [-0.1, -0.05) is 13.8 Å². The summed E-state index contributed by atoms with van der Waals surface area (Å²) in [6.07, 6.45) is 1.47. The molecule has 0 bridgehead atoms. The number of hydrogen-bond donors (Lipinski definition) is 1. The Morgan fingerprint density at radius 2 is 2.27 bits per heavy atom. The fourth-order valence-corrected chi connectivity index (χ4v) is 2.56. The fourth-order valence-electron chi connectivity index (χ4n) is 2.56. The second-order valence-corrected chi connectivity index (χ2v) is 6.05. The average molecular weight is 302 g/mol. The minimum atomic E-state index is -0.619. The third kappa shape index (κ3) is 4.18. The highest BCUT2D eigenvalue weighted by atomic mass is 16.3. The van der Waals surface area contributed by atoms with Crippen molar-refractivity contribution < 1.29 is 9.90 Å². The van der Waals surface area contributed by atoms with Crippen LogP contribution in [-0.4, -0.2) is 53.2 Å². The van der Waals surface area contributed by atoms with E-state index in [0.29, 0.717) is 49.9 Å². The highest BCUT2D eigenvalue weighted by Gasteiger charge is 2.25. The van der Waals surface area contributed by atoms with Crippen LogP contribution in [0.15, 0.2) is 18.3 Å². The Kier molecular flexibility index (Phi) is 5.34. The van der Waals surface area contributed by atoms with E-state index in [1.807, 2.05) is 18.7 Å². The second-order valence-electron chi connectivity index (χ2n) is 6.05. The van der Waals surface area contributed by atoms with E-state index in [-0.39, 0.29) is 5.91 Å². The molecule has 1 atom stereocenters. The maximum Gasteiger partial charge on any atom is 0.222 e. The zero-order valence-electron chi connectivity index (χ0n) is 13.1. The summed E-state index contributed by atoms with van der Waals surface area (Å²) < 4.78 is 0. The van der Waals surface area contributed by atoms with E-state index < -0.39 is 6.10 Å². The first-order valence-corrected chi connectivity index (χ1v) is 7.56. The average Bonchev–Trinajstić information content (AvgIpc) is 2.68. The summed E-state index contributed by atoms with van der Waals surface area (Å²) in [5, 5.41) is 19.1. The molecule has 0 aromatic carbocycles. The monoisotopic (exact) mass is 302 g/mol. The summed E-state index contributed by atoms with van der Waals surface area (Å²) in [6, 6.07) is 5.44. The SMILES string of the molecule is CC(C)CC(=O)N1CCN(c2cc(C#N)ccn2)C[C@@H](O)C1. The Hall–Kier alpha value is -2.13. The molecule has 118 valence electrons. The van der Waals surface area contributed by atoms with Gasteiger partial charge in [-0.25, -0.2) is 4.98 Å². The van der Waals surface area contributed by atoms with E-state index in [2.05, 4.69) is 11.1 Å². The Balaban J connectivity index is 2.08. The van der Waals surface area contributed by atoms with Gasteiger partial charge in [0.2, 0.25) is 5.91 Å². The Morgan fingerprint density at radius 1 is 1.50 bits per heavy atom. The lowest BCUT2D eigenvalue weighted by atomic mass is 10.1. The van der Waals surface area contributed by atoms with Gasteiger partial charge in [-0.3, -0.25) is 4.79 Å². The number of carbonyl (C=O) groups is 1. The van der Waals surface area contributed by atoms with Crippen LogP contribution in [-0.2, 0) is 4.79 Å². The molecule has 1 aromatic heterocycles. The molecule has 1 amide bonds. The maximum atomic E-state index is 12.2. The minimum Gasteiger partial charge on any atom is -0.389 e. The van der Waals surface area contributed by atoms with Crippen LogP contribution in [0.25, 0.3) is 0 Å². The van der Waals surface area contributed by atoms with E-state index in [4.69, 9.17) is 5.26 Å². The van der Waals surface area contributed by atoms with E-state index in [1.54, 1.807) is 23.2 Å². The summed E-state index contributed by atoms with van der Waals surface area (Å²) in [7, 11) is 0. The van der Waals surface area contributed by atoms with E-state index in [0.717, 1.165) is 0 Å². The number of pyridine rings is 1. The molecule has 22 heavy (non-hydrogen) atoms. The van der Waals surface area contributed by atoms with Crippen molar-refractivity contribution in [3.63, 3.8) is 0 Å². The number of rotatable bonds is 3. The number of anilines is 1. The summed E-state index contributed by atoms with van der Waals surface area (Å²) in [5.74, 6) is 1.05. The molecule has 1 N–H and O–H groups in total. The zero-order chi connectivity index (χ0) is 16.1. The number of amides is 1. The minimum absolute atomic E-state index is 0.0784. The van der Waals surface area contributed by atoms with E-state index >= 15 is 0 Å². The number of aliphatic hydroxyl groups excluding tert-OH is 1. The number of carbonyl (C=O) groups excluding carboxylic acids is 1. The molecule has 2 rings (SSSR count). The molecule has 1 aromatic rings. The van der Waals surface area contributed by atoms with Gasteiger partial charge in [-0.05, 0) is 18.1 Å². The molecule has 1 fully saturated rings. The smallest absolute Gasteiger partial charge is 0.222 e. The van der Waals surface area contributed by atoms with Gasteiger partial charge in [-0.2, -0.15) is 5.26 Å². The predicted molar refractivity (Wildman–Crippen MR) is 83.2 cm³/mol. The van der Waals surface area contributed by atoms with Crippen LogP contribution in [0.5, 0.6) is 0 Å². The van der Waals surface area contributed by atoms with Crippen LogP contribution >= 0.6 is 0 Å². The molecule has 6 nitrogen and oxygen atoms in total. The summed E-state index contributed by atoms with van der Waals surface area (Å²) in [6.45, 7) is 5.93. The summed E-state index contributed by atoms with van der Waals surface area (Å²) in [4.78, 5) is 20.1. The molecule has 1 saturated heterocycles. The first kappa shape index (κ1) is 16.2. The van der Waals surface area contributed by atoms with Crippen molar-refractivity contribution in [3.05, 3.63) is 23.9 Å². The first-order valence-electron chi connectivity index (χ1n) is 7.56. The van der Waals surface area contributed by atoms with Crippen LogP contribution in [0.3, 0.4) is 0 Å². The van der Waals surface area contributed by atoms with Gasteiger partial charge in [0.1, 0.15) is 5.82 Å². The standard InChI is InChI=1S/C16H22N4O2/c1-12(2)7-16(22)20-6-5-19(10-14(21)11-20)15-8-13(9-17)3-4-18-15/h3-4,8,12,14,21H,5-7,10-11H2,1-2H3/t14-/m1/s1. The number of aromatic nitrogens is 1. The van der Waals surface area contributed by atoms with Gasteiger partial charge in [0.15, 0.2) is 0 Å². The van der Waals surface area contributed by atoms with Gasteiger partial charge in [-0.15, -0.1) is 0 Å².